The number of benzene rings is 2. The molecule has 0 atom stereocenters. The maximum atomic E-state index is 13.0. The molecule has 0 heterocycles. The lowest BCUT2D eigenvalue weighted by molar-refractivity contribution is 0.475. The van der Waals surface area contributed by atoms with Gasteiger partial charge in [-0.25, -0.2) is 4.39 Å². The minimum Gasteiger partial charge on any atom is -0.507 e. The van der Waals surface area contributed by atoms with Crippen molar-refractivity contribution in [2.24, 2.45) is 0 Å². The molecule has 16 heavy (non-hydrogen) atoms. The van der Waals surface area contributed by atoms with Crippen molar-refractivity contribution < 1.29 is 9.50 Å². The van der Waals surface area contributed by atoms with Crippen LogP contribution >= 0.6 is 23.2 Å². The van der Waals surface area contributed by atoms with Gasteiger partial charge in [-0.15, -0.1) is 0 Å². The molecule has 0 aliphatic carbocycles. The van der Waals surface area contributed by atoms with Gasteiger partial charge in [-0.2, -0.15) is 0 Å². The predicted molar refractivity (Wildman–Crippen MR) is 63.5 cm³/mol. The summed E-state index contributed by atoms with van der Waals surface area (Å²) in [6.07, 6.45) is 0. The van der Waals surface area contributed by atoms with Crippen molar-refractivity contribution in [3.63, 3.8) is 0 Å². The summed E-state index contributed by atoms with van der Waals surface area (Å²) in [5.74, 6) is -0.418. The molecule has 2 rings (SSSR count). The zero-order valence-electron chi connectivity index (χ0n) is 8.05. The van der Waals surface area contributed by atoms with Crippen LogP contribution in [-0.4, -0.2) is 5.11 Å². The summed E-state index contributed by atoms with van der Waals surface area (Å²) >= 11 is 11.6. The minimum atomic E-state index is -0.418. The summed E-state index contributed by atoms with van der Waals surface area (Å²) < 4.78 is 13.0. The number of aromatic hydroxyl groups is 1. The zero-order valence-corrected chi connectivity index (χ0v) is 9.56. The van der Waals surface area contributed by atoms with E-state index in [-0.39, 0.29) is 5.75 Å². The number of halogens is 3. The SMILES string of the molecule is Oc1ccc(F)cc1-c1ccc(Cl)c(Cl)c1. The summed E-state index contributed by atoms with van der Waals surface area (Å²) in [6, 6.07) is 8.59. The van der Waals surface area contributed by atoms with E-state index in [4.69, 9.17) is 23.2 Å². The Morgan fingerprint density at radius 3 is 2.38 bits per heavy atom. The topological polar surface area (TPSA) is 20.2 Å². The van der Waals surface area contributed by atoms with E-state index >= 15 is 0 Å². The average Bonchev–Trinajstić information content (AvgIpc) is 2.26. The lowest BCUT2D eigenvalue weighted by Gasteiger charge is -2.06. The normalized spacial score (nSPS) is 10.4. The van der Waals surface area contributed by atoms with Gasteiger partial charge in [-0.05, 0) is 35.9 Å². The standard InChI is InChI=1S/C12H7Cl2FO/c13-10-3-1-7(5-11(10)14)9-6-8(15)2-4-12(9)16/h1-6,16H. The first-order chi connectivity index (χ1) is 7.58. The Labute approximate surface area is 102 Å². The molecular formula is C12H7Cl2FO. The van der Waals surface area contributed by atoms with Crippen LogP contribution in [0, 0.1) is 5.82 Å². The van der Waals surface area contributed by atoms with Crippen molar-refractivity contribution in [1.29, 1.82) is 0 Å². The molecule has 4 heteroatoms. The van der Waals surface area contributed by atoms with E-state index < -0.39 is 5.82 Å². The van der Waals surface area contributed by atoms with E-state index in [1.54, 1.807) is 18.2 Å². The van der Waals surface area contributed by atoms with Crippen LogP contribution in [0.15, 0.2) is 36.4 Å². The number of phenols is 1. The van der Waals surface area contributed by atoms with Crippen LogP contribution in [0.3, 0.4) is 0 Å². The second-order valence-corrected chi connectivity index (χ2v) is 4.10. The Morgan fingerprint density at radius 1 is 0.938 bits per heavy atom. The van der Waals surface area contributed by atoms with Gasteiger partial charge in [-0.1, -0.05) is 29.3 Å². The van der Waals surface area contributed by atoms with Gasteiger partial charge in [-0.3, -0.25) is 0 Å². The van der Waals surface area contributed by atoms with Crippen molar-refractivity contribution in [1.82, 2.24) is 0 Å². The third-order valence-corrected chi connectivity index (χ3v) is 2.93. The molecule has 0 radical (unpaired) electrons. The van der Waals surface area contributed by atoms with E-state index in [1.807, 2.05) is 0 Å². The van der Waals surface area contributed by atoms with Crippen molar-refractivity contribution in [3.8, 4) is 16.9 Å². The van der Waals surface area contributed by atoms with Crippen molar-refractivity contribution in [2.45, 2.75) is 0 Å². The average molecular weight is 257 g/mol. The zero-order chi connectivity index (χ0) is 11.7. The van der Waals surface area contributed by atoms with E-state index in [9.17, 15) is 9.50 Å². The third-order valence-electron chi connectivity index (χ3n) is 2.19. The first kappa shape index (κ1) is 11.2. The summed E-state index contributed by atoms with van der Waals surface area (Å²) in [5.41, 5.74) is 1.00. The molecule has 0 saturated carbocycles. The second-order valence-electron chi connectivity index (χ2n) is 3.29. The molecule has 0 saturated heterocycles. The molecule has 0 spiro atoms. The number of rotatable bonds is 1. The summed E-state index contributed by atoms with van der Waals surface area (Å²) in [4.78, 5) is 0. The number of phenolic OH excluding ortho intramolecular Hbond substituents is 1. The monoisotopic (exact) mass is 256 g/mol. The number of hydrogen-bond acceptors (Lipinski definition) is 1. The smallest absolute Gasteiger partial charge is 0.124 e. The fourth-order valence-electron chi connectivity index (χ4n) is 1.40. The third kappa shape index (κ3) is 2.13. The molecule has 0 aliphatic heterocycles. The van der Waals surface area contributed by atoms with Crippen LogP contribution in [0.25, 0.3) is 11.1 Å². The fourth-order valence-corrected chi connectivity index (χ4v) is 1.70. The Hall–Kier alpha value is -1.25. The molecule has 0 bridgehead atoms. The van der Waals surface area contributed by atoms with Gasteiger partial charge in [0.05, 0.1) is 10.0 Å². The van der Waals surface area contributed by atoms with E-state index in [1.165, 1.54) is 18.2 Å². The molecule has 0 aliphatic rings. The molecule has 1 nitrogen and oxygen atoms in total. The predicted octanol–water partition coefficient (Wildman–Crippen LogP) is 4.51. The van der Waals surface area contributed by atoms with Gasteiger partial charge in [0.15, 0.2) is 0 Å². The van der Waals surface area contributed by atoms with Crippen LogP contribution in [0.2, 0.25) is 10.0 Å². The van der Waals surface area contributed by atoms with Gasteiger partial charge < -0.3 is 5.11 Å². The van der Waals surface area contributed by atoms with Gasteiger partial charge >= 0.3 is 0 Å². The molecule has 82 valence electrons. The van der Waals surface area contributed by atoms with Crippen LogP contribution < -0.4 is 0 Å². The van der Waals surface area contributed by atoms with Crippen molar-refractivity contribution >= 4 is 23.2 Å². The number of hydrogen-bond donors (Lipinski definition) is 1. The van der Waals surface area contributed by atoms with Crippen molar-refractivity contribution in [2.75, 3.05) is 0 Å². The fraction of sp³-hybridized carbons (Fsp3) is 0. The van der Waals surface area contributed by atoms with Gasteiger partial charge in [0.1, 0.15) is 11.6 Å². The van der Waals surface area contributed by atoms with Gasteiger partial charge in [0, 0.05) is 5.56 Å². The van der Waals surface area contributed by atoms with Crippen LogP contribution in [0.1, 0.15) is 0 Å². The highest BCUT2D eigenvalue weighted by Gasteiger charge is 2.07. The Bertz CT molecular complexity index is 541. The summed E-state index contributed by atoms with van der Waals surface area (Å²) in [5, 5.41) is 10.4. The molecule has 0 aromatic heterocycles. The van der Waals surface area contributed by atoms with Crippen LogP contribution in [0.4, 0.5) is 4.39 Å². The van der Waals surface area contributed by atoms with Crippen LogP contribution in [-0.2, 0) is 0 Å². The maximum absolute atomic E-state index is 13.0. The van der Waals surface area contributed by atoms with E-state index in [0.717, 1.165) is 0 Å². The lowest BCUT2D eigenvalue weighted by atomic mass is 10.0. The maximum Gasteiger partial charge on any atom is 0.124 e. The molecule has 0 amide bonds. The second kappa shape index (κ2) is 4.32. The van der Waals surface area contributed by atoms with Crippen LogP contribution in [0.5, 0.6) is 5.75 Å². The Balaban J connectivity index is 2.58. The summed E-state index contributed by atoms with van der Waals surface area (Å²) in [6.45, 7) is 0. The molecule has 0 fully saturated rings. The Morgan fingerprint density at radius 2 is 1.69 bits per heavy atom. The minimum absolute atomic E-state index is 0.000195. The highest BCUT2D eigenvalue weighted by Crippen LogP contribution is 2.33. The van der Waals surface area contributed by atoms with E-state index in [2.05, 4.69) is 0 Å². The van der Waals surface area contributed by atoms with Crippen molar-refractivity contribution in [3.05, 3.63) is 52.3 Å². The first-order valence-electron chi connectivity index (χ1n) is 4.52. The molecule has 1 N–H and O–H groups in total. The largest absolute Gasteiger partial charge is 0.507 e. The molecule has 0 unspecified atom stereocenters. The first-order valence-corrected chi connectivity index (χ1v) is 5.27. The highest BCUT2D eigenvalue weighted by atomic mass is 35.5. The van der Waals surface area contributed by atoms with Gasteiger partial charge in [0.2, 0.25) is 0 Å². The summed E-state index contributed by atoms with van der Waals surface area (Å²) in [7, 11) is 0. The lowest BCUT2D eigenvalue weighted by Crippen LogP contribution is -1.82. The highest BCUT2D eigenvalue weighted by molar-refractivity contribution is 6.42. The molecule has 2 aromatic carbocycles. The van der Waals surface area contributed by atoms with E-state index in [0.29, 0.717) is 21.2 Å². The Kier molecular flexibility index (Phi) is 3.03. The molecule has 2 aromatic rings. The molecular weight excluding hydrogens is 250 g/mol. The quantitative estimate of drug-likeness (QED) is 0.797. The van der Waals surface area contributed by atoms with Gasteiger partial charge in [0.25, 0.3) is 0 Å².